The van der Waals surface area contributed by atoms with Crippen molar-refractivity contribution < 1.29 is 14.3 Å². The minimum Gasteiger partial charge on any atom is -0.446 e. The predicted octanol–water partition coefficient (Wildman–Crippen LogP) is 7.32. The van der Waals surface area contributed by atoms with E-state index in [1.54, 1.807) is 0 Å². The quantitative estimate of drug-likeness (QED) is 0.298. The Bertz CT molecular complexity index is 775. The fraction of sp³-hybridized carbons (Fsp3) is 0.867. The van der Waals surface area contributed by atoms with E-state index in [0.29, 0.717) is 11.7 Å². The lowest BCUT2D eigenvalue weighted by atomic mass is 9.47. The highest BCUT2D eigenvalue weighted by molar-refractivity contribution is 5.71. The molecular weight excluding hydrogens is 422 g/mol. The van der Waals surface area contributed by atoms with Crippen LogP contribution in [0.2, 0.25) is 0 Å². The van der Waals surface area contributed by atoms with Crippen LogP contribution in [0.1, 0.15) is 105 Å². The molecule has 8 atom stereocenters. The van der Waals surface area contributed by atoms with E-state index in [2.05, 4.69) is 46.0 Å². The van der Waals surface area contributed by atoms with Gasteiger partial charge in [0.15, 0.2) is 0 Å². The molecule has 4 nitrogen and oxygen atoms in total. The predicted molar refractivity (Wildman–Crippen MR) is 137 cm³/mol. The zero-order valence-corrected chi connectivity index (χ0v) is 22.4. The van der Waals surface area contributed by atoms with Crippen molar-refractivity contribution >= 4 is 12.4 Å². The Balaban J connectivity index is 1.42. The lowest BCUT2D eigenvalue weighted by Gasteiger charge is -2.58. The molecule has 4 heteroatoms. The number of allylic oxidation sites excluding steroid dienone is 1. The third kappa shape index (κ3) is 4.85. The second kappa shape index (κ2) is 10.3. The molecule has 0 spiro atoms. The molecule has 0 aromatic heterocycles. The number of hydrogen-bond donors (Lipinski definition) is 1. The van der Waals surface area contributed by atoms with E-state index in [-0.39, 0.29) is 18.1 Å². The molecule has 34 heavy (non-hydrogen) atoms. The Morgan fingerprint density at radius 2 is 1.91 bits per heavy atom. The van der Waals surface area contributed by atoms with Crippen LogP contribution in [0.25, 0.3) is 0 Å². The van der Waals surface area contributed by atoms with Gasteiger partial charge in [-0.05, 0) is 91.3 Å². The maximum atomic E-state index is 12.0. The minimum absolute atomic E-state index is 0.0210. The first-order valence-corrected chi connectivity index (χ1v) is 14.3. The summed E-state index contributed by atoms with van der Waals surface area (Å²) in [5, 5.41) is 2.52. The number of nitrogens with one attached hydrogen (secondary N) is 1. The van der Waals surface area contributed by atoms with Crippen LogP contribution in [0.15, 0.2) is 11.6 Å². The minimum atomic E-state index is -0.456. The van der Waals surface area contributed by atoms with Gasteiger partial charge in [-0.3, -0.25) is 0 Å². The van der Waals surface area contributed by atoms with E-state index >= 15 is 0 Å². The summed E-state index contributed by atoms with van der Waals surface area (Å²) in [7, 11) is 0. The molecule has 4 rings (SSSR count). The standard InChI is InChI=1S/C30H49NO3/c1-20(2)7-6-8-21(3)25-11-12-26-24-10-9-22-19-23(34-28(33)31-17-18-32)13-15-29(22,4)27(24)14-16-30(25,26)5/h9,18,20-21,23-27H,6-8,10-17,19H2,1-5H3,(H,31,33)/t21-,23?,24?,25-,26?,27?,29+,30-/m1/s1. The fourth-order valence-electron chi connectivity index (χ4n) is 9.07. The van der Waals surface area contributed by atoms with Crippen LogP contribution in [0, 0.1) is 46.3 Å². The Morgan fingerprint density at radius 1 is 1.12 bits per heavy atom. The van der Waals surface area contributed by atoms with Gasteiger partial charge in [0.25, 0.3) is 0 Å². The fourth-order valence-corrected chi connectivity index (χ4v) is 9.07. The summed E-state index contributed by atoms with van der Waals surface area (Å²) in [4.78, 5) is 22.5. The molecule has 4 aliphatic carbocycles. The van der Waals surface area contributed by atoms with Gasteiger partial charge in [-0.25, -0.2) is 4.79 Å². The summed E-state index contributed by atoms with van der Waals surface area (Å²) in [6, 6.07) is 0. The number of carbonyl (C=O) groups excluding carboxylic acids is 2. The van der Waals surface area contributed by atoms with Crippen molar-refractivity contribution in [3.63, 3.8) is 0 Å². The van der Waals surface area contributed by atoms with Gasteiger partial charge in [0.1, 0.15) is 12.4 Å². The van der Waals surface area contributed by atoms with Crippen LogP contribution in [0.4, 0.5) is 4.79 Å². The molecule has 1 N–H and O–H groups in total. The number of rotatable bonds is 8. The lowest BCUT2D eigenvalue weighted by molar-refractivity contribution is -0.107. The van der Waals surface area contributed by atoms with Gasteiger partial charge in [0, 0.05) is 6.42 Å². The third-order valence-corrected chi connectivity index (χ3v) is 10.9. The first-order chi connectivity index (χ1) is 16.2. The highest BCUT2D eigenvalue weighted by atomic mass is 16.6. The highest BCUT2D eigenvalue weighted by Crippen LogP contribution is 2.67. The van der Waals surface area contributed by atoms with Crippen LogP contribution in [-0.4, -0.2) is 25.0 Å². The maximum absolute atomic E-state index is 12.0. The van der Waals surface area contributed by atoms with Gasteiger partial charge in [-0.1, -0.05) is 65.5 Å². The lowest BCUT2D eigenvalue weighted by Crippen LogP contribution is -2.51. The Kier molecular flexibility index (Phi) is 7.84. The van der Waals surface area contributed by atoms with Crippen molar-refractivity contribution in [3.05, 3.63) is 11.6 Å². The second-order valence-electron chi connectivity index (χ2n) is 13.1. The Labute approximate surface area is 208 Å². The summed E-state index contributed by atoms with van der Waals surface area (Å²) in [5.41, 5.74) is 2.33. The molecular formula is C30H49NO3. The van der Waals surface area contributed by atoms with Crippen LogP contribution in [0.3, 0.4) is 0 Å². The second-order valence-corrected chi connectivity index (χ2v) is 13.1. The molecule has 4 unspecified atom stereocenters. The zero-order valence-electron chi connectivity index (χ0n) is 22.4. The molecule has 0 aromatic rings. The third-order valence-electron chi connectivity index (χ3n) is 10.9. The average Bonchev–Trinajstić information content (AvgIpc) is 3.15. The number of carbonyl (C=O) groups is 2. The number of fused-ring (bicyclic) bond motifs is 5. The summed E-state index contributed by atoms with van der Waals surface area (Å²) in [6.45, 7) is 12.5. The molecule has 192 valence electrons. The molecule has 0 aromatic carbocycles. The largest absolute Gasteiger partial charge is 0.446 e. The molecule has 3 fully saturated rings. The van der Waals surface area contributed by atoms with E-state index in [0.717, 1.165) is 54.8 Å². The number of ether oxygens (including phenoxy) is 1. The van der Waals surface area contributed by atoms with Crippen molar-refractivity contribution in [3.8, 4) is 0 Å². The van der Waals surface area contributed by atoms with Crippen molar-refractivity contribution in [1.29, 1.82) is 0 Å². The molecule has 1 amide bonds. The van der Waals surface area contributed by atoms with Gasteiger partial charge in [0.2, 0.25) is 0 Å². The van der Waals surface area contributed by atoms with E-state index in [9.17, 15) is 9.59 Å². The molecule has 0 heterocycles. The normalized spacial score (nSPS) is 39.9. The number of alkyl carbamates (subject to hydrolysis) is 1. The molecule has 0 radical (unpaired) electrons. The number of hydrogen-bond acceptors (Lipinski definition) is 3. The zero-order chi connectivity index (χ0) is 24.5. The molecule has 0 aliphatic heterocycles. The Morgan fingerprint density at radius 3 is 2.65 bits per heavy atom. The molecule has 0 saturated heterocycles. The Hall–Kier alpha value is -1.32. The summed E-state index contributed by atoms with van der Waals surface area (Å²) in [6.07, 6.45) is 16.7. The van der Waals surface area contributed by atoms with Gasteiger partial charge < -0.3 is 14.8 Å². The topological polar surface area (TPSA) is 55.4 Å². The van der Waals surface area contributed by atoms with Gasteiger partial charge >= 0.3 is 6.09 Å². The van der Waals surface area contributed by atoms with E-state index in [1.165, 1.54) is 56.9 Å². The van der Waals surface area contributed by atoms with Crippen LogP contribution in [-0.2, 0) is 9.53 Å². The maximum Gasteiger partial charge on any atom is 0.407 e. The van der Waals surface area contributed by atoms with Crippen molar-refractivity contribution in [2.45, 2.75) is 111 Å². The summed E-state index contributed by atoms with van der Waals surface area (Å²) >= 11 is 0. The monoisotopic (exact) mass is 471 g/mol. The van der Waals surface area contributed by atoms with Gasteiger partial charge in [-0.15, -0.1) is 0 Å². The van der Waals surface area contributed by atoms with Crippen LogP contribution < -0.4 is 5.32 Å². The molecule has 4 aliphatic rings. The smallest absolute Gasteiger partial charge is 0.407 e. The summed E-state index contributed by atoms with van der Waals surface area (Å²) < 4.78 is 5.65. The van der Waals surface area contributed by atoms with Crippen molar-refractivity contribution in [2.75, 3.05) is 6.54 Å². The van der Waals surface area contributed by atoms with E-state index < -0.39 is 6.09 Å². The first kappa shape index (κ1) is 25.8. The van der Waals surface area contributed by atoms with Crippen LogP contribution in [0.5, 0.6) is 0 Å². The first-order valence-electron chi connectivity index (χ1n) is 14.3. The average molecular weight is 472 g/mol. The summed E-state index contributed by atoms with van der Waals surface area (Å²) in [5.74, 6) is 5.07. The van der Waals surface area contributed by atoms with Gasteiger partial charge in [0.05, 0.1) is 6.54 Å². The van der Waals surface area contributed by atoms with Gasteiger partial charge in [-0.2, -0.15) is 0 Å². The van der Waals surface area contributed by atoms with Crippen LogP contribution >= 0.6 is 0 Å². The van der Waals surface area contributed by atoms with Crippen molar-refractivity contribution in [2.24, 2.45) is 46.3 Å². The van der Waals surface area contributed by atoms with Crippen molar-refractivity contribution in [1.82, 2.24) is 5.32 Å². The SMILES string of the molecule is CC(C)CCC[C@@H](C)[C@H]1CCC2C3CC=C4CC(OC(=O)NCC=O)CC[C@]4(C)C3CC[C@@]21C. The van der Waals surface area contributed by atoms with E-state index in [4.69, 9.17) is 4.74 Å². The number of amides is 1. The highest BCUT2D eigenvalue weighted by Gasteiger charge is 2.59. The number of aldehydes is 1. The van der Waals surface area contributed by atoms with E-state index in [1.807, 2.05) is 0 Å². The molecule has 3 saturated carbocycles. The molecule has 0 bridgehead atoms.